The van der Waals surface area contributed by atoms with Crippen molar-refractivity contribution in [2.45, 2.75) is 52.0 Å². The van der Waals surface area contributed by atoms with E-state index in [1.165, 1.54) is 10.1 Å². The maximum Gasteiger partial charge on any atom is 0.329 e. The second kappa shape index (κ2) is 4.97. The summed E-state index contributed by atoms with van der Waals surface area (Å²) in [5.41, 5.74) is 2.91. The average molecular weight is 298 g/mol. The van der Waals surface area contributed by atoms with Crippen molar-refractivity contribution < 1.29 is 0 Å². The summed E-state index contributed by atoms with van der Waals surface area (Å²) in [6, 6.07) is 7.87. The summed E-state index contributed by atoms with van der Waals surface area (Å²) < 4.78 is 1.33. The number of fused-ring (bicyclic) bond motifs is 3. The molecule has 4 heteroatoms. The van der Waals surface area contributed by atoms with Crippen molar-refractivity contribution in [2.75, 3.05) is 0 Å². The zero-order valence-corrected chi connectivity index (χ0v) is 13.6. The highest BCUT2D eigenvalue weighted by Gasteiger charge is 2.37. The minimum absolute atomic E-state index is 0.146. The largest absolute Gasteiger partial charge is 0.329 e. The standard InChI is InChI=1S/C18H22N2O2/c1-5-18(4)10-12-8-6-7-9-13(12)15-14(18)16(21)20(11(2)3)17(22)19-15/h6-9,11H,5,10H2,1-4H3,(H,19,22)/t18-/m1/s1. The van der Waals surface area contributed by atoms with Crippen molar-refractivity contribution >= 4 is 0 Å². The molecule has 0 unspecified atom stereocenters. The summed E-state index contributed by atoms with van der Waals surface area (Å²) in [6.07, 6.45) is 1.68. The number of aromatic nitrogens is 2. The van der Waals surface area contributed by atoms with Crippen LogP contribution in [-0.4, -0.2) is 9.55 Å². The zero-order chi connectivity index (χ0) is 16.1. The molecule has 1 aliphatic rings. The molecule has 0 bridgehead atoms. The van der Waals surface area contributed by atoms with E-state index in [9.17, 15) is 9.59 Å². The lowest BCUT2D eigenvalue weighted by Gasteiger charge is -2.35. The Hall–Kier alpha value is -2.10. The van der Waals surface area contributed by atoms with E-state index in [4.69, 9.17) is 0 Å². The van der Waals surface area contributed by atoms with E-state index >= 15 is 0 Å². The van der Waals surface area contributed by atoms with E-state index in [-0.39, 0.29) is 22.7 Å². The number of benzene rings is 1. The summed E-state index contributed by atoms with van der Waals surface area (Å²) in [4.78, 5) is 28.3. The monoisotopic (exact) mass is 298 g/mol. The smallest absolute Gasteiger partial charge is 0.306 e. The molecule has 1 aliphatic carbocycles. The molecule has 22 heavy (non-hydrogen) atoms. The Morgan fingerprint density at radius 3 is 2.59 bits per heavy atom. The fourth-order valence-electron chi connectivity index (χ4n) is 3.51. The predicted octanol–water partition coefficient (Wildman–Crippen LogP) is 3.01. The van der Waals surface area contributed by atoms with Crippen LogP contribution < -0.4 is 11.2 Å². The zero-order valence-electron chi connectivity index (χ0n) is 13.6. The molecule has 116 valence electrons. The number of rotatable bonds is 2. The van der Waals surface area contributed by atoms with Crippen LogP contribution in [0.5, 0.6) is 0 Å². The Kier molecular flexibility index (Phi) is 3.35. The number of nitrogens with one attached hydrogen (secondary N) is 1. The quantitative estimate of drug-likeness (QED) is 0.926. The summed E-state index contributed by atoms with van der Waals surface area (Å²) >= 11 is 0. The third-order valence-electron chi connectivity index (χ3n) is 4.90. The lowest BCUT2D eigenvalue weighted by atomic mass is 9.69. The van der Waals surface area contributed by atoms with Gasteiger partial charge in [-0.2, -0.15) is 0 Å². The van der Waals surface area contributed by atoms with E-state index in [1.807, 2.05) is 32.0 Å². The van der Waals surface area contributed by atoms with Crippen LogP contribution in [0, 0.1) is 0 Å². The van der Waals surface area contributed by atoms with Crippen molar-refractivity contribution in [1.82, 2.24) is 9.55 Å². The van der Waals surface area contributed by atoms with Gasteiger partial charge in [-0.05, 0) is 32.3 Å². The summed E-state index contributed by atoms with van der Waals surface area (Å²) in [5, 5.41) is 0. The number of hydrogen-bond acceptors (Lipinski definition) is 2. The molecule has 0 spiro atoms. The van der Waals surface area contributed by atoms with Gasteiger partial charge in [0.25, 0.3) is 5.56 Å². The number of nitrogens with zero attached hydrogens (tertiary/aromatic N) is 1. The van der Waals surface area contributed by atoms with Gasteiger partial charge in [-0.25, -0.2) is 4.79 Å². The molecular formula is C18H22N2O2. The molecule has 0 saturated carbocycles. The summed E-state index contributed by atoms with van der Waals surface area (Å²) in [6.45, 7) is 7.94. The third-order valence-corrected chi connectivity index (χ3v) is 4.90. The van der Waals surface area contributed by atoms with Crippen molar-refractivity contribution in [2.24, 2.45) is 0 Å². The van der Waals surface area contributed by atoms with E-state index in [0.29, 0.717) is 5.69 Å². The Balaban J connectivity index is 2.46. The first-order valence-corrected chi connectivity index (χ1v) is 7.86. The lowest BCUT2D eigenvalue weighted by molar-refractivity contribution is 0.426. The molecule has 0 aliphatic heterocycles. The first-order chi connectivity index (χ1) is 10.4. The number of H-pyrrole nitrogens is 1. The minimum atomic E-state index is -0.325. The van der Waals surface area contributed by atoms with Crippen molar-refractivity contribution in [1.29, 1.82) is 0 Å². The Morgan fingerprint density at radius 2 is 1.95 bits per heavy atom. The van der Waals surface area contributed by atoms with Crippen LogP contribution in [-0.2, 0) is 11.8 Å². The van der Waals surface area contributed by atoms with E-state index < -0.39 is 0 Å². The van der Waals surface area contributed by atoms with E-state index in [1.54, 1.807) is 0 Å². The summed E-state index contributed by atoms with van der Waals surface area (Å²) in [7, 11) is 0. The van der Waals surface area contributed by atoms with Gasteiger partial charge in [0.05, 0.1) is 5.69 Å². The van der Waals surface area contributed by atoms with Gasteiger partial charge in [0.2, 0.25) is 0 Å². The summed E-state index contributed by atoms with van der Waals surface area (Å²) in [5.74, 6) is 0. The molecule has 0 radical (unpaired) electrons. The van der Waals surface area contributed by atoms with Crippen LogP contribution in [0.1, 0.15) is 51.3 Å². The van der Waals surface area contributed by atoms with Crippen LogP contribution in [0.25, 0.3) is 11.3 Å². The van der Waals surface area contributed by atoms with Crippen LogP contribution in [0.2, 0.25) is 0 Å². The third kappa shape index (κ3) is 1.97. The van der Waals surface area contributed by atoms with Crippen LogP contribution in [0.4, 0.5) is 0 Å². The molecule has 1 aromatic carbocycles. The van der Waals surface area contributed by atoms with Gasteiger partial charge in [0, 0.05) is 22.6 Å². The van der Waals surface area contributed by atoms with Crippen LogP contribution in [0.15, 0.2) is 33.9 Å². The fraction of sp³-hybridized carbons (Fsp3) is 0.444. The molecular weight excluding hydrogens is 276 g/mol. The maximum absolute atomic E-state index is 13.0. The SMILES string of the molecule is CC[C@]1(C)Cc2ccccc2-c2[nH]c(=O)n(C(C)C)c(=O)c21. The van der Waals surface area contributed by atoms with Crippen molar-refractivity contribution in [3.63, 3.8) is 0 Å². The molecule has 0 saturated heterocycles. The highest BCUT2D eigenvalue weighted by atomic mass is 16.2. The first kappa shape index (κ1) is 14.8. The second-order valence-corrected chi connectivity index (χ2v) is 6.70. The molecule has 1 N–H and O–H groups in total. The van der Waals surface area contributed by atoms with Gasteiger partial charge in [-0.1, -0.05) is 38.1 Å². The maximum atomic E-state index is 13.0. The normalized spacial score (nSPS) is 19.9. The molecule has 2 aromatic rings. The topological polar surface area (TPSA) is 54.9 Å². The van der Waals surface area contributed by atoms with E-state index in [2.05, 4.69) is 24.9 Å². The molecule has 0 fully saturated rings. The minimum Gasteiger partial charge on any atom is -0.306 e. The highest BCUT2D eigenvalue weighted by Crippen LogP contribution is 2.41. The van der Waals surface area contributed by atoms with Crippen molar-refractivity contribution in [3.05, 3.63) is 56.2 Å². The Labute approximate surface area is 129 Å². The molecule has 0 amide bonds. The van der Waals surface area contributed by atoms with Gasteiger partial charge in [-0.15, -0.1) is 0 Å². The Bertz CT molecular complexity index is 845. The van der Waals surface area contributed by atoms with Gasteiger partial charge in [0.15, 0.2) is 0 Å². The first-order valence-electron chi connectivity index (χ1n) is 7.86. The molecule has 1 atom stereocenters. The van der Waals surface area contributed by atoms with Crippen LogP contribution in [0.3, 0.4) is 0 Å². The fourth-order valence-corrected chi connectivity index (χ4v) is 3.51. The number of aromatic amines is 1. The van der Waals surface area contributed by atoms with Crippen molar-refractivity contribution in [3.8, 4) is 11.3 Å². The van der Waals surface area contributed by atoms with E-state index in [0.717, 1.165) is 24.0 Å². The molecule has 3 rings (SSSR count). The molecule has 1 aromatic heterocycles. The second-order valence-electron chi connectivity index (χ2n) is 6.70. The van der Waals surface area contributed by atoms with Gasteiger partial charge in [0.1, 0.15) is 0 Å². The number of hydrogen-bond donors (Lipinski definition) is 1. The van der Waals surface area contributed by atoms with Gasteiger partial charge >= 0.3 is 5.69 Å². The lowest BCUT2D eigenvalue weighted by Crippen LogP contribution is -2.45. The van der Waals surface area contributed by atoms with Gasteiger partial charge < -0.3 is 4.98 Å². The Morgan fingerprint density at radius 1 is 1.27 bits per heavy atom. The predicted molar refractivity (Wildman–Crippen MR) is 88.5 cm³/mol. The molecule has 1 heterocycles. The van der Waals surface area contributed by atoms with Crippen LogP contribution >= 0.6 is 0 Å². The molecule has 4 nitrogen and oxygen atoms in total. The van der Waals surface area contributed by atoms with Gasteiger partial charge in [-0.3, -0.25) is 9.36 Å². The average Bonchev–Trinajstić information content (AvgIpc) is 2.46. The highest BCUT2D eigenvalue weighted by molar-refractivity contribution is 5.71.